The Hall–Kier alpha value is -7.21. The number of rotatable bonds is 17. The average Bonchev–Trinajstić information content (AvgIpc) is 4.02. The van der Waals surface area contributed by atoms with Gasteiger partial charge in [0.05, 0.1) is 53.0 Å². The summed E-state index contributed by atoms with van der Waals surface area (Å²) in [5, 5.41) is 25.4. The molecule has 2 unspecified atom stereocenters. The third-order valence-electron chi connectivity index (χ3n) is 13.0. The number of halogens is 4. The van der Waals surface area contributed by atoms with E-state index in [9.17, 15) is 42.7 Å². The molecule has 0 spiro atoms. The van der Waals surface area contributed by atoms with Gasteiger partial charge >= 0.3 is 6.18 Å². The van der Waals surface area contributed by atoms with Crippen molar-refractivity contribution in [3.63, 3.8) is 0 Å². The first-order valence-corrected chi connectivity index (χ1v) is 24.3. The van der Waals surface area contributed by atoms with Crippen molar-refractivity contribution in [3.8, 4) is 34.3 Å². The number of β-amino-alcohol motifs (C(OH)–C–C–N with tert-alkyl or cyclic N) is 1. The highest BCUT2D eigenvalue weighted by atomic mass is 32.1. The smallest absolute Gasteiger partial charge is 0.417 e. The second-order valence-electron chi connectivity index (χ2n) is 19.8. The maximum absolute atomic E-state index is 15.9. The molecule has 7 rings (SSSR count). The molecule has 2 fully saturated rings. The van der Waals surface area contributed by atoms with Crippen LogP contribution in [0.2, 0.25) is 0 Å². The molecule has 0 aliphatic carbocycles. The Morgan fingerprint density at radius 1 is 0.959 bits per heavy atom. The van der Waals surface area contributed by atoms with Crippen LogP contribution in [0.5, 0.6) is 5.75 Å². The molecule has 0 saturated carbocycles. The number of hydrogen-bond donors (Lipinski definition) is 3. The van der Waals surface area contributed by atoms with E-state index in [1.807, 2.05) is 38.1 Å². The number of aliphatic hydroxyl groups excluding tert-OH is 1. The van der Waals surface area contributed by atoms with Gasteiger partial charge < -0.3 is 39.4 Å². The highest BCUT2D eigenvalue weighted by molar-refractivity contribution is 7.81. The maximum atomic E-state index is 15.9. The Kier molecular flexibility index (Phi) is 16.3. The Balaban J connectivity index is 0.859. The second kappa shape index (κ2) is 22.1. The Morgan fingerprint density at radius 3 is 2.24 bits per heavy atom. The van der Waals surface area contributed by atoms with E-state index in [2.05, 4.69) is 15.6 Å². The molecular formula is C54H57F4N7O8S. The van der Waals surface area contributed by atoms with Crippen LogP contribution in [0.1, 0.15) is 89.2 Å². The first-order chi connectivity index (χ1) is 34.9. The molecule has 5 aromatic rings. The van der Waals surface area contributed by atoms with E-state index < -0.39 is 81.9 Å². The minimum absolute atomic E-state index is 0.0449. The van der Waals surface area contributed by atoms with E-state index in [0.717, 1.165) is 27.8 Å². The topological polar surface area (TPSA) is 191 Å². The summed E-state index contributed by atoms with van der Waals surface area (Å²) in [5.74, 6) is -1.64. The fraction of sp³-hybridized carbons (Fsp3) is 0.389. The molecule has 4 aromatic carbocycles. The third kappa shape index (κ3) is 11.9. The van der Waals surface area contributed by atoms with Gasteiger partial charge in [-0.3, -0.25) is 24.1 Å². The summed E-state index contributed by atoms with van der Waals surface area (Å²) in [5.41, 5.74) is -0.774. The number of aromatic nitrogens is 1. The molecule has 3 heterocycles. The molecule has 0 radical (unpaired) electrons. The largest absolute Gasteiger partial charge is 0.494 e. The number of nitriles is 1. The summed E-state index contributed by atoms with van der Waals surface area (Å²) in [7, 11) is 0. The molecule has 2 saturated heterocycles. The lowest BCUT2D eigenvalue weighted by Crippen LogP contribution is -2.58. The van der Waals surface area contributed by atoms with Crippen LogP contribution in [0.15, 0.2) is 95.7 Å². The van der Waals surface area contributed by atoms with E-state index in [1.54, 1.807) is 51.1 Å². The van der Waals surface area contributed by atoms with E-state index in [1.165, 1.54) is 54.3 Å². The Morgan fingerprint density at radius 2 is 1.62 bits per heavy atom. The molecule has 4 atom stereocenters. The number of likely N-dealkylation sites (tertiary alicyclic amines) is 1. The van der Waals surface area contributed by atoms with Crippen molar-refractivity contribution in [2.24, 2.45) is 5.41 Å². The van der Waals surface area contributed by atoms with Gasteiger partial charge in [0.2, 0.25) is 17.7 Å². The fourth-order valence-corrected chi connectivity index (χ4v) is 9.44. The van der Waals surface area contributed by atoms with Crippen molar-refractivity contribution >= 4 is 52.3 Å². The number of nitrogens with one attached hydrogen (secondary N) is 2. The zero-order chi connectivity index (χ0) is 53.9. The van der Waals surface area contributed by atoms with Gasteiger partial charge in [0, 0.05) is 25.1 Å². The van der Waals surface area contributed by atoms with Crippen molar-refractivity contribution in [1.29, 1.82) is 5.26 Å². The summed E-state index contributed by atoms with van der Waals surface area (Å²) in [6.07, 6.45) is -3.24. The molecule has 4 amide bonds. The number of alkyl halides is 3. The summed E-state index contributed by atoms with van der Waals surface area (Å²) in [4.78, 5) is 62.1. The van der Waals surface area contributed by atoms with Crippen LogP contribution < -0.4 is 25.2 Å². The lowest BCUT2D eigenvalue weighted by atomic mass is 9.85. The van der Waals surface area contributed by atoms with Crippen molar-refractivity contribution in [1.82, 2.24) is 20.5 Å². The number of thiocarbonyl (C=S) groups is 1. The normalized spacial score (nSPS) is 17.5. The summed E-state index contributed by atoms with van der Waals surface area (Å²) >= 11 is 5.56. The first kappa shape index (κ1) is 54.6. The number of unbranched alkanes of at least 4 members (excludes halogenated alkanes) is 1. The Labute approximate surface area is 431 Å². The SMILES string of the molecule is Cc1ncoc1-c1ccc(C(C)NC(=O)[C@@H]2C[C@@H](O)CN2C(=O)C(NC(=O)COCCCCOc2ccc(-c3ccc(N4C(=S)N(c5ccc(C#N)c(C(F)(F)F)c5)C(=O)C4(C)C)c(F)c3)cc2)C(C)(C)C)cc1. The number of oxazole rings is 1. The van der Waals surface area contributed by atoms with Gasteiger partial charge in [0.15, 0.2) is 17.3 Å². The molecule has 2 aliphatic rings. The number of ether oxygens (including phenoxy) is 2. The number of amides is 4. The lowest BCUT2D eigenvalue weighted by molar-refractivity contribution is -0.144. The monoisotopic (exact) mass is 1040 g/mol. The molecule has 1 aromatic heterocycles. The van der Waals surface area contributed by atoms with Gasteiger partial charge in [0.25, 0.3) is 5.91 Å². The van der Waals surface area contributed by atoms with Gasteiger partial charge in [-0.05, 0) is 117 Å². The van der Waals surface area contributed by atoms with Crippen molar-refractivity contribution < 1.29 is 55.7 Å². The zero-order valence-electron chi connectivity index (χ0n) is 41.9. The van der Waals surface area contributed by atoms with Crippen molar-refractivity contribution in [2.45, 2.75) is 104 Å². The standard InChI is InChI=1S/C54H57F4N7O8S/c1-31(33-10-12-35(13-11-33)46-32(2)60-30-73-46)61-48(68)44-26-39(66)28-63(44)49(69)47(52(3,4)5)62-45(67)29-71-22-8-9-23-72-40-19-15-34(16-20-40)36-17-21-43(42(55)24-36)65-51(74)64(50(70)53(65,6)7)38-18-14-37(27-59)41(25-38)54(56,57)58/h10-21,24-25,30-31,39,44,47,66H,8-9,22-23,26,28-29H2,1-7H3,(H,61,68)(H,62,67)/t31?,39-,44+,47?/m1/s1. The predicted molar refractivity (Wildman–Crippen MR) is 271 cm³/mol. The number of aryl methyl sites for hydroxylation is 1. The van der Waals surface area contributed by atoms with Crippen LogP contribution >= 0.6 is 12.2 Å². The maximum Gasteiger partial charge on any atom is 0.417 e. The number of aliphatic hydroxyl groups is 1. The zero-order valence-corrected chi connectivity index (χ0v) is 42.7. The van der Waals surface area contributed by atoms with Gasteiger partial charge in [-0.25, -0.2) is 9.37 Å². The van der Waals surface area contributed by atoms with Gasteiger partial charge in [-0.2, -0.15) is 18.4 Å². The van der Waals surface area contributed by atoms with Crippen LogP contribution in [0.3, 0.4) is 0 Å². The van der Waals surface area contributed by atoms with E-state index >= 15 is 4.39 Å². The predicted octanol–water partition coefficient (Wildman–Crippen LogP) is 8.81. The van der Waals surface area contributed by atoms with E-state index in [0.29, 0.717) is 48.2 Å². The minimum atomic E-state index is -4.87. The van der Waals surface area contributed by atoms with Crippen LogP contribution in [-0.4, -0.2) is 93.8 Å². The summed E-state index contributed by atoms with van der Waals surface area (Å²) in [6.45, 7) is 12.2. The molecule has 74 heavy (non-hydrogen) atoms. The number of carbonyl (C=O) groups is 4. The highest BCUT2D eigenvalue weighted by Gasteiger charge is 2.52. The first-order valence-electron chi connectivity index (χ1n) is 23.9. The van der Waals surface area contributed by atoms with Gasteiger partial charge in [0.1, 0.15) is 35.8 Å². The molecular weight excluding hydrogens is 983 g/mol. The number of anilines is 2. The minimum Gasteiger partial charge on any atom is -0.494 e. The van der Waals surface area contributed by atoms with Gasteiger partial charge in [-0.1, -0.05) is 63.2 Å². The van der Waals surface area contributed by atoms with Crippen molar-refractivity contribution in [2.75, 3.05) is 36.2 Å². The summed E-state index contributed by atoms with van der Waals surface area (Å²) in [6, 6.07) is 20.7. The van der Waals surface area contributed by atoms with Crippen LogP contribution in [0.4, 0.5) is 28.9 Å². The van der Waals surface area contributed by atoms with E-state index in [4.69, 9.17) is 26.1 Å². The molecule has 15 nitrogen and oxygen atoms in total. The summed E-state index contributed by atoms with van der Waals surface area (Å²) < 4.78 is 74.3. The lowest BCUT2D eigenvalue weighted by Gasteiger charge is -2.35. The second-order valence-corrected chi connectivity index (χ2v) is 20.2. The fourth-order valence-electron chi connectivity index (χ4n) is 8.92. The molecule has 390 valence electrons. The molecule has 20 heteroatoms. The number of carbonyl (C=O) groups excluding carboxylic acids is 4. The highest BCUT2D eigenvalue weighted by Crippen LogP contribution is 2.41. The third-order valence-corrected chi connectivity index (χ3v) is 13.3. The number of nitrogens with zero attached hydrogens (tertiary/aromatic N) is 5. The van der Waals surface area contributed by atoms with Crippen molar-refractivity contribution in [3.05, 3.63) is 120 Å². The quantitative estimate of drug-likeness (QED) is 0.0457. The number of benzene rings is 4. The Bertz CT molecular complexity index is 2950. The average molecular weight is 1040 g/mol. The van der Waals surface area contributed by atoms with Crippen LogP contribution in [-0.2, 0) is 30.1 Å². The van der Waals surface area contributed by atoms with E-state index in [-0.39, 0.29) is 42.7 Å². The van der Waals surface area contributed by atoms with Crippen LogP contribution in [0.25, 0.3) is 22.5 Å². The number of hydrogen-bond acceptors (Lipinski definition) is 11. The molecule has 2 aliphatic heterocycles. The molecule has 0 bridgehead atoms. The van der Waals surface area contributed by atoms with Gasteiger partial charge in [-0.15, -0.1) is 0 Å². The molecule has 3 N–H and O–H groups in total. The van der Waals surface area contributed by atoms with Crippen LogP contribution in [0, 0.1) is 29.5 Å².